The highest BCUT2D eigenvalue weighted by atomic mass is 32.2. The molecule has 23 heavy (non-hydrogen) atoms. The summed E-state index contributed by atoms with van der Waals surface area (Å²) in [4.78, 5) is 36.3. The van der Waals surface area contributed by atoms with Crippen molar-refractivity contribution < 1.29 is 19.1 Å². The molecule has 0 radical (unpaired) electrons. The normalized spacial score (nSPS) is 17.3. The predicted molar refractivity (Wildman–Crippen MR) is 90.9 cm³/mol. The molecule has 1 atom stereocenters. The molecule has 1 saturated heterocycles. The van der Waals surface area contributed by atoms with Crippen molar-refractivity contribution >= 4 is 40.1 Å². The average molecular weight is 336 g/mol. The number of hydrogen-bond donors (Lipinski definition) is 1. The van der Waals surface area contributed by atoms with E-state index >= 15 is 0 Å². The van der Waals surface area contributed by atoms with Gasteiger partial charge in [-0.15, -0.1) is 0 Å². The number of methoxy groups -OCH3 is 1. The summed E-state index contributed by atoms with van der Waals surface area (Å²) in [7, 11) is 1.54. The maximum Gasteiger partial charge on any atom is 0.227 e. The lowest BCUT2D eigenvalue weighted by Gasteiger charge is -2.20. The number of ether oxygens (including phenoxy) is 1. The number of nitrogens with zero attached hydrogens (tertiary/aromatic N) is 1. The van der Waals surface area contributed by atoms with Crippen LogP contribution in [0.15, 0.2) is 18.2 Å². The van der Waals surface area contributed by atoms with Crippen LogP contribution in [-0.4, -0.2) is 36.3 Å². The van der Waals surface area contributed by atoms with E-state index in [0.717, 1.165) is 0 Å². The smallest absolute Gasteiger partial charge is 0.227 e. The Bertz CT molecular complexity index is 633. The summed E-state index contributed by atoms with van der Waals surface area (Å²) < 4.78 is 5.33. The van der Waals surface area contributed by atoms with Crippen molar-refractivity contribution in [2.75, 3.05) is 29.6 Å². The van der Waals surface area contributed by atoms with Crippen molar-refractivity contribution in [1.82, 2.24) is 0 Å². The molecule has 1 N–H and O–H groups in total. The second-order valence-electron chi connectivity index (χ2n) is 5.44. The fourth-order valence-corrected chi connectivity index (χ4v) is 3.24. The molecule has 2 rings (SSSR count). The minimum Gasteiger partial charge on any atom is -0.495 e. The van der Waals surface area contributed by atoms with E-state index in [4.69, 9.17) is 4.74 Å². The highest BCUT2D eigenvalue weighted by Gasteiger charge is 2.32. The summed E-state index contributed by atoms with van der Waals surface area (Å²) in [5.74, 6) is 1.16. The molecule has 1 fully saturated rings. The van der Waals surface area contributed by atoms with Gasteiger partial charge in [0, 0.05) is 38.3 Å². The van der Waals surface area contributed by atoms with Gasteiger partial charge in [0.1, 0.15) is 5.75 Å². The minimum absolute atomic E-state index is 0.00238. The molecular formula is C16H20N2O4S. The number of hydrogen-bond acceptors (Lipinski definition) is 5. The molecule has 1 aliphatic heterocycles. The Morgan fingerprint density at radius 3 is 2.74 bits per heavy atom. The highest BCUT2D eigenvalue weighted by Crippen LogP contribution is 2.36. The van der Waals surface area contributed by atoms with Gasteiger partial charge in [-0.1, -0.05) is 11.8 Å². The number of nitrogens with one attached hydrogen (secondary N) is 1. The van der Waals surface area contributed by atoms with Crippen LogP contribution in [-0.2, 0) is 14.4 Å². The molecule has 1 heterocycles. The molecule has 2 amide bonds. The average Bonchev–Trinajstić information content (AvgIpc) is 2.85. The van der Waals surface area contributed by atoms with Crippen molar-refractivity contribution in [2.24, 2.45) is 5.92 Å². The Kier molecular flexibility index (Phi) is 5.65. The molecule has 0 spiro atoms. The van der Waals surface area contributed by atoms with E-state index < -0.39 is 0 Å². The first kappa shape index (κ1) is 17.3. The topological polar surface area (TPSA) is 75.7 Å². The third-order valence-electron chi connectivity index (χ3n) is 3.52. The minimum atomic E-state index is -0.176. The van der Waals surface area contributed by atoms with Crippen LogP contribution in [0.4, 0.5) is 11.4 Å². The monoisotopic (exact) mass is 336 g/mol. The van der Waals surface area contributed by atoms with Gasteiger partial charge >= 0.3 is 0 Å². The van der Waals surface area contributed by atoms with Gasteiger partial charge < -0.3 is 15.0 Å². The maximum absolute atomic E-state index is 12.3. The third-order valence-corrected chi connectivity index (χ3v) is 4.56. The molecular weight excluding hydrogens is 316 g/mol. The van der Waals surface area contributed by atoms with Gasteiger partial charge in [0.05, 0.1) is 12.8 Å². The van der Waals surface area contributed by atoms with Crippen molar-refractivity contribution in [3.05, 3.63) is 18.2 Å². The van der Waals surface area contributed by atoms with E-state index in [-0.39, 0.29) is 22.8 Å². The maximum atomic E-state index is 12.3. The quantitative estimate of drug-likeness (QED) is 0.893. The molecule has 6 nitrogen and oxygen atoms in total. The Morgan fingerprint density at radius 2 is 2.13 bits per heavy atom. The fraction of sp³-hybridized carbons (Fsp3) is 0.438. The molecule has 1 aromatic carbocycles. The lowest BCUT2D eigenvalue weighted by atomic mass is 10.1. The summed E-state index contributed by atoms with van der Waals surface area (Å²) in [5.41, 5.74) is 1.25. The molecule has 7 heteroatoms. The molecule has 0 aliphatic carbocycles. The van der Waals surface area contributed by atoms with Gasteiger partial charge in [0.25, 0.3) is 0 Å². The van der Waals surface area contributed by atoms with Crippen LogP contribution >= 0.6 is 11.8 Å². The number of thioether (sulfide) groups is 1. The summed E-state index contributed by atoms with van der Waals surface area (Å²) in [6, 6.07) is 5.19. The first-order valence-electron chi connectivity index (χ1n) is 7.30. The Balaban J connectivity index is 2.20. The first-order valence-corrected chi connectivity index (χ1v) is 8.28. The molecule has 124 valence electrons. The second kappa shape index (κ2) is 7.50. The van der Waals surface area contributed by atoms with E-state index in [1.54, 1.807) is 30.2 Å². The molecule has 0 aromatic heterocycles. The Morgan fingerprint density at radius 1 is 1.39 bits per heavy atom. The van der Waals surface area contributed by atoms with E-state index in [1.165, 1.54) is 25.6 Å². The number of amides is 2. The summed E-state index contributed by atoms with van der Waals surface area (Å²) in [6.07, 6.45) is 0.411. The van der Waals surface area contributed by atoms with Crippen molar-refractivity contribution in [1.29, 1.82) is 0 Å². The standard InChI is InChI=1S/C16H20N2O4S/c1-10(19)17-13-4-5-15(22-3)14(7-13)18-8-12(6-16(18)21)9-23-11(2)20/h4-5,7,12H,6,8-9H2,1-3H3,(H,17,19). The number of benzene rings is 1. The summed E-state index contributed by atoms with van der Waals surface area (Å²) in [6.45, 7) is 3.50. The number of rotatable bonds is 5. The summed E-state index contributed by atoms with van der Waals surface area (Å²) >= 11 is 1.24. The van der Waals surface area contributed by atoms with Gasteiger partial charge in [-0.3, -0.25) is 14.4 Å². The third kappa shape index (κ3) is 4.48. The summed E-state index contributed by atoms with van der Waals surface area (Å²) in [5, 5.41) is 2.76. The SMILES string of the molecule is COc1ccc(NC(C)=O)cc1N1CC(CSC(C)=O)CC1=O. The van der Waals surface area contributed by atoms with Gasteiger partial charge in [0.2, 0.25) is 11.8 Å². The molecule has 1 unspecified atom stereocenters. The van der Waals surface area contributed by atoms with E-state index in [0.29, 0.717) is 35.8 Å². The van der Waals surface area contributed by atoms with Crippen LogP contribution in [0.3, 0.4) is 0 Å². The Hall–Kier alpha value is -2.02. The number of carbonyl (C=O) groups excluding carboxylic acids is 3. The highest BCUT2D eigenvalue weighted by molar-refractivity contribution is 8.13. The van der Waals surface area contributed by atoms with Gasteiger partial charge in [-0.05, 0) is 24.1 Å². The van der Waals surface area contributed by atoms with Crippen LogP contribution in [0.1, 0.15) is 20.3 Å². The lowest BCUT2D eigenvalue weighted by Crippen LogP contribution is -2.25. The zero-order chi connectivity index (χ0) is 17.0. The fourth-order valence-electron chi connectivity index (χ4n) is 2.54. The van der Waals surface area contributed by atoms with Crippen LogP contribution in [0.5, 0.6) is 5.75 Å². The lowest BCUT2D eigenvalue weighted by molar-refractivity contribution is -0.117. The van der Waals surface area contributed by atoms with Crippen molar-refractivity contribution in [3.63, 3.8) is 0 Å². The zero-order valence-electron chi connectivity index (χ0n) is 13.4. The van der Waals surface area contributed by atoms with E-state index in [2.05, 4.69) is 5.32 Å². The Labute approximate surface area is 139 Å². The van der Waals surface area contributed by atoms with Gasteiger partial charge in [0.15, 0.2) is 5.12 Å². The number of carbonyl (C=O) groups is 3. The molecule has 0 bridgehead atoms. The first-order chi connectivity index (χ1) is 10.9. The van der Waals surface area contributed by atoms with Crippen LogP contribution in [0.25, 0.3) is 0 Å². The largest absolute Gasteiger partial charge is 0.495 e. The molecule has 0 saturated carbocycles. The van der Waals surface area contributed by atoms with Gasteiger partial charge in [-0.2, -0.15) is 0 Å². The second-order valence-corrected chi connectivity index (χ2v) is 6.64. The van der Waals surface area contributed by atoms with Crippen LogP contribution in [0, 0.1) is 5.92 Å². The van der Waals surface area contributed by atoms with Crippen molar-refractivity contribution in [3.8, 4) is 5.75 Å². The zero-order valence-corrected chi connectivity index (χ0v) is 14.2. The van der Waals surface area contributed by atoms with Gasteiger partial charge in [-0.25, -0.2) is 0 Å². The van der Waals surface area contributed by atoms with Crippen LogP contribution in [0.2, 0.25) is 0 Å². The van der Waals surface area contributed by atoms with Crippen molar-refractivity contribution in [2.45, 2.75) is 20.3 Å². The number of anilines is 2. The molecule has 1 aliphatic rings. The van der Waals surface area contributed by atoms with E-state index in [1.807, 2.05) is 0 Å². The predicted octanol–water partition coefficient (Wildman–Crippen LogP) is 2.29. The van der Waals surface area contributed by atoms with Crippen LogP contribution < -0.4 is 15.0 Å². The molecule has 1 aromatic rings. The van der Waals surface area contributed by atoms with E-state index in [9.17, 15) is 14.4 Å².